The lowest BCUT2D eigenvalue weighted by molar-refractivity contribution is 0.0596. The number of rotatable bonds is 6. The Morgan fingerprint density at radius 2 is 2.18 bits per heavy atom. The predicted molar refractivity (Wildman–Crippen MR) is 83.2 cm³/mol. The summed E-state index contributed by atoms with van der Waals surface area (Å²) < 4.78 is 32.0. The zero-order valence-electron chi connectivity index (χ0n) is 12.7. The molecule has 0 spiro atoms. The molecule has 2 rings (SSSR count). The lowest BCUT2D eigenvalue weighted by atomic mass is 9.96. The molecule has 1 aromatic carbocycles. The number of piperidine rings is 1. The topological polar surface area (TPSA) is 84.5 Å². The molecular formula is C15H22N2O4S. The van der Waals surface area contributed by atoms with Gasteiger partial charge in [0.05, 0.1) is 17.6 Å². The maximum atomic E-state index is 12.4. The minimum Gasteiger partial charge on any atom is -0.465 e. The van der Waals surface area contributed by atoms with Crippen molar-refractivity contribution in [1.29, 1.82) is 0 Å². The highest BCUT2D eigenvalue weighted by Crippen LogP contribution is 2.17. The maximum Gasteiger partial charge on any atom is 0.339 e. The third kappa shape index (κ3) is 4.28. The van der Waals surface area contributed by atoms with Crippen molar-refractivity contribution in [2.75, 3.05) is 26.7 Å². The third-order valence-corrected chi connectivity index (χ3v) is 5.34. The molecule has 1 heterocycles. The van der Waals surface area contributed by atoms with Crippen LogP contribution in [0.3, 0.4) is 0 Å². The Hall–Kier alpha value is -1.44. The molecule has 1 unspecified atom stereocenters. The number of carbonyl (C=O) groups is 1. The summed E-state index contributed by atoms with van der Waals surface area (Å²) in [6.07, 6.45) is 3.03. The summed E-state index contributed by atoms with van der Waals surface area (Å²) in [6, 6.07) is 6.06. The van der Waals surface area contributed by atoms with E-state index in [2.05, 4.69) is 14.8 Å². The van der Waals surface area contributed by atoms with E-state index in [1.165, 1.54) is 19.2 Å². The number of hydrogen-bond acceptors (Lipinski definition) is 5. The fourth-order valence-electron chi connectivity index (χ4n) is 2.63. The van der Waals surface area contributed by atoms with E-state index in [-0.39, 0.29) is 10.5 Å². The largest absolute Gasteiger partial charge is 0.465 e. The second kappa shape index (κ2) is 7.71. The molecule has 0 amide bonds. The van der Waals surface area contributed by atoms with Crippen molar-refractivity contribution in [3.05, 3.63) is 29.8 Å². The third-order valence-electron chi connectivity index (χ3n) is 3.83. The molecule has 22 heavy (non-hydrogen) atoms. The molecule has 1 atom stereocenters. The maximum absolute atomic E-state index is 12.4. The Morgan fingerprint density at radius 1 is 1.41 bits per heavy atom. The molecule has 7 heteroatoms. The second-order valence-electron chi connectivity index (χ2n) is 5.39. The summed E-state index contributed by atoms with van der Waals surface area (Å²) in [4.78, 5) is 11.6. The van der Waals surface area contributed by atoms with Crippen LogP contribution in [0.5, 0.6) is 0 Å². The SMILES string of the molecule is COC(=O)c1ccccc1S(=O)(=O)NCCC1CCCNC1. The Bertz CT molecular complexity index is 610. The molecule has 1 aliphatic heterocycles. The molecule has 1 aliphatic rings. The summed E-state index contributed by atoms with van der Waals surface area (Å²) in [5, 5.41) is 3.31. The first-order valence-corrected chi connectivity index (χ1v) is 8.90. The highest BCUT2D eigenvalue weighted by molar-refractivity contribution is 7.89. The molecule has 2 N–H and O–H groups in total. The molecule has 0 saturated carbocycles. The fraction of sp³-hybridized carbons (Fsp3) is 0.533. The van der Waals surface area contributed by atoms with Gasteiger partial charge < -0.3 is 10.1 Å². The standard InChI is InChI=1S/C15H22N2O4S/c1-21-15(18)13-6-2-3-7-14(13)22(19,20)17-10-8-12-5-4-9-16-11-12/h2-3,6-7,12,16-17H,4-5,8-11H2,1H3. The zero-order valence-corrected chi connectivity index (χ0v) is 13.5. The van der Waals surface area contributed by atoms with Crippen LogP contribution >= 0.6 is 0 Å². The number of hydrogen-bond donors (Lipinski definition) is 2. The van der Waals surface area contributed by atoms with Gasteiger partial charge in [0.2, 0.25) is 10.0 Å². The van der Waals surface area contributed by atoms with Gasteiger partial charge >= 0.3 is 5.97 Å². The molecule has 1 saturated heterocycles. The van der Waals surface area contributed by atoms with E-state index in [0.717, 1.165) is 32.4 Å². The number of benzene rings is 1. The first-order chi connectivity index (χ1) is 10.5. The quantitative estimate of drug-likeness (QED) is 0.766. The van der Waals surface area contributed by atoms with Crippen LogP contribution in [-0.2, 0) is 14.8 Å². The zero-order chi connectivity index (χ0) is 16.0. The highest BCUT2D eigenvalue weighted by Gasteiger charge is 2.22. The number of ether oxygens (including phenoxy) is 1. The molecule has 1 aromatic rings. The van der Waals surface area contributed by atoms with Crippen molar-refractivity contribution in [2.45, 2.75) is 24.2 Å². The number of methoxy groups -OCH3 is 1. The minimum absolute atomic E-state index is 0.0383. The Balaban J connectivity index is 2.02. The predicted octanol–water partition coefficient (Wildman–Crippen LogP) is 1.14. The van der Waals surface area contributed by atoms with Crippen molar-refractivity contribution in [3.8, 4) is 0 Å². The smallest absolute Gasteiger partial charge is 0.339 e. The van der Waals surface area contributed by atoms with Crippen LogP contribution in [0.4, 0.5) is 0 Å². The summed E-state index contributed by atoms with van der Waals surface area (Å²) in [5.41, 5.74) is 0.0526. The first kappa shape index (κ1) is 16.9. The van der Waals surface area contributed by atoms with Crippen molar-refractivity contribution in [1.82, 2.24) is 10.0 Å². The summed E-state index contributed by atoms with van der Waals surface area (Å²) >= 11 is 0. The fourth-order valence-corrected chi connectivity index (χ4v) is 3.87. The van der Waals surface area contributed by atoms with Gasteiger partial charge in [0, 0.05) is 6.54 Å². The molecule has 1 fully saturated rings. The monoisotopic (exact) mass is 326 g/mol. The van der Waals surface area contributed by atoms with Gasteiger partial charge in [-0.15, -0.1) is 0 Å². The van der Waals surface area contributed by atoms with Gasteiger partial charge in [0.1, 0.15) is 0 Å². The Labute approximate surface area is 131 Å². The van der Waals surface area contributed by atoms with Gasteiger partial charge in [-0.3, -0.25) is 0 Å². The van der Waals surface area contributed by atoms with E-state index in [4.69, 9.17) is 0 Å². The number of nitrogens with one attached hydrogen (secondary N) is 2. The molecule has 0 bridgehead atoms. The molecule has 0 aliphatic carbocycles. The van der Waals surface area contributed by atoms with E-state index in [9.17, 15) is 13.2 Å². The summed E-state index contributed by atoms with van der Waals surface area (Å²) in [6.45, 7) is 2.33. The van der Waals surface area contributed by atoms with Crippen molar-refractivity contribution >= 4 is 16.0 Å². The average Bonchev–Trinajstić information content (AvgIpc) is 2.55. The summed E-state index contributed by atoms with van der Waals surface area (Å²) in [5.74, 6) is -0.162. The highest BCUT2D eigenvalue weighted by atomic mass is 32.2. The van der Waals surface area contributed by atoms with Crippen LogP contribution in [0.25, 0.3) is 0 Å². The number of sulfonamides is 1. The van der Waals surface area contributed by atoms with Crippen LogP contribution in [0.1, 0.15) is 29.6 Å². The normalized spacial score (nSPS) is 18.9. The van der Waals surface area contributed by atoms with Gasteiger partial charge in [-0.2, -0.15) is 0 Å². The van der Waals surface area contributed by atoms with Crippen LogP contribution in [0, 0.1) is 5.92 Å². The van der Waals surface area contributed by atoms with Crippen LogP contribution < -0.4 is 10.0 Å². The van der Waals surface area contributed by atoms with Gasteiger partial charge in [0.15, 0.2) is 0 Å². The Morgan fingerprint density at radius 3 is 2.86 bits per heavy atom. The lowest BCUT2D eigenvalue weighted by Crippen LogP contribution is -2.33. The molecule has 6 nitrogen and oxygen atoms in total. The van der Waals surface area contributed by atoms with Crippen molar-refractivity contribution < 1.29 is 17.9 Å². The lowest BCUT2D eigenvalue weighted by Gasteiger charge is -2.22. The van der Waals surface area contributed by atoms with Crippen LogP contribution in [-0.4, -0.2) is 41.1 Å². The van der Waals surface area contributed by atoms with E-state index >= 15 is 0 Å². The van der Waals surface area contributed by atoms with Crippen molar-refractivity contribution in [3.63, 3.8) is 0 Å². The van der Waals surface area contributed by atoms with Crippen LogP contribution in [0.2, 0.25) is 0 Å². The van der Waals surface area contributed by atoms with Gasteiger partial charge in [0.25, 0.3) is 0 Å². The number of carbonyl (C=O) groups excluding carboxylic acids is 1. The van der Waals surface area contributed by atoms with Crippen LogP contribution in [0.15, 0.2) is 29.2 Å². The van der Waals surface area contributed by atoms with E-state index < -0.39 is 16.0 Å². The van der Waals surface area contributed by atoms with E-state index in [1.807, 2.05) is 0 Å². The second-order valence-corrected chi connectivity index (χ2v) is 7.12. The average molecular weight is 326 g/mol. The van der Waals surface area contributed by atoms with Gasteiger partial charge in [-0.05, 0) is 50.4 Å². The molecule has 0 aromatic heterocycles. The summed E-state index contributed by atoms with van der Waals surface area (Å²) in [7, 11) is -2.49. The van der Waals surface area contributed by atoms with E-state index in [0.29, 0.717) is 12.5 Å². The van der Waals surface area contributed by atoms with Gasteiger partial charge in [-0.1, -0.05) is 12.1 Å². The number of esters is 1. The molecule has 122 valence electrons. The van der Waals surface area contributed by atoms with E-state index in [1.54, 1.807) is 12.1 Å². The molecule has 0 radical (unpaired) electrons. The Kier molecular flexibility index (Phi) is 5.93. The van der Waals surface area contributed by atoms with Crippen molar-refractivity contribution in [2.24, 2.45) is 5.92 Å². The van der Waals surface area contributed by atoms with Gasteiger partial charge in [-0.25, -0.2) is 17.9 Å². The molecular weight excluding hydrogens is 304 g/mol. The minimum atomic E-state index is -3.72. The first-order valence-electron chi connectivity index (χ1n) is 7.42.